The summed E-state index contributed by atoms with van der Waals surface area (Å²) >= 11 is 0. The third-order valence-corrected chi connectivity index (χ3v) is 3.19. The molecule has 0 saturated heterocycles. The van der Waals surface area contributed by atoms with E-state index in [1.165, 1.54) is 0 Å². The van der Waals surface area contributed by atoms with Crippen molar-refractivity contribution in [3.05, 3.63) is 41.5 Å². The van der Waals surface area contributed by atoms with E-state index < -0.39 is 0 Å². The van der Waals surface area contributed by atoms with Gasteiger partial charge in [0.2, 0.25) is 0 Å². The number of benzene rings is 1. The van der Waals surface area contributed by atoms with Crippen LogP contribution >= 0.6 is 0 Å². The second kappa shape index (κ2) is 4.35. The van der Waals surface area contributed by atoms with Crippen LogP contribution in [0.1, 0.15) is 17.2 Å². The molecular formula is C14H15N5. The van der Waals surface area contributed by atoms with Crippen molar-refractivity contribution >= 4 is 22.9 Å². The van der Waals surface area contributed by atoms with Crippen LogP contribution in [-0.4, -0.2) is 26.0 Å². The number of hydrogen-bond donors (Lipinski definition) is 1. The lowest BCUT2D eigenvalue weighted by molar-refractivity contribution is 0.731. The lowest BCUT2D eigenvalue weighted by Crippen LogP contribution is -1.92. The highest BCUT2D eigenvalue weighted by atomic mass is 15.3. The van der Waals surface area contributed by atoms with Gasteiger partial charge in [-0.2, -0.15) is 5.10 Å². The first-order valence-electron chi connectivity index (χ1n) is 6.14. The fourth-order valence-electron chi connectivity index (χ4n) is 2.11. The number of aromatic amines is 1. The van der Waals surface area contributed by atoms with Gasteiger partial charge in [-0.25, -0.2) is 9.98 Å². The summed E-state index contributed by atoms with van der Waals surface area (Å²) in [7, 11) is 1.92. The number of nitrogens with one attached hydrogen (secondary N) is 1. The van der Waals surface area contributed by atoms with Crippen LogP contribution in [0.4, 0.5) is 5.69 Å². The van der Waals surface area contributed by atoms with Crippen molar-refractivity contribution in [1.82, 2.24) is 19.7 Å². The molecule has 3 rings (SSSR count). The van der Waals surface area contributed by atoms with E-state index in [2.05, 4.69) is 20.1 Å². The second-order valence-corrected chi connectivity index (χ2v) is 4.54. The molecule has 0 amide bonds. The van der Waals surface area contributed by atoms with Crippen molar-refractivity contribution in [2.24, 2.45) is 12.0 Å². The third kappa shape index (κ3) is 2.03. The molecule has 1 aromatic carbocycles. The fourth-order valence-corrected chi connectivity index (χ4v) is 2.11. The summed E-state index contributed by atoms with van der Waals surface area (Å²) in [4.78, 5) is 12.2. The Morgan fingerprint density at radius 1 is 1.26 bits per heavy atom. The number of aromatic nitrogens is 4. The van der Waals surface area contributed by atoms with Crippen LogP contribution in [0.2, 0.25) is 0 Å². The Balaban J connectivity index is 1.98. The number of imidazole rings is 1. The number of hydrogen-bond acceptors (Lipinski definition) is 3. The normalized spacial score (nSPS) is 11.7. The van der Waals surface area contributed by atoms with Gasteiger partial charge in [-0.05, 0) is 26.0 Å². The number of aryl methyl sites for hydroxylation is 2. The van der Waals surface area contributed by atoms with Crippen LogP contribution in [0, 0.1) is 13.8 Å². The van der Waals surface area contributed by atoms with Gasteiger partial charge in [-0.15, -0.1) is 0 Å². The van der Waals surface area contributed by atoms with Gasteiger partial charge >= 0.3 is 0 Å². The maximum atomic E-state index is 4.49. The van der Waals surface area contributed by atoms with Crippen molar-refractivity contribution in [2.45, 2.75) is 13.8 Å². The smallest absolute Gasteiger partial charge is 0.149 e. The predicted octanol–water partition coefficient (Wildman–Crippen LogP) is 2.66. The molecule has 2 aromatic heterocycles. The third-order valence-electron chi connectivity index (χ3n) is 3.19. The zero-order chi connectivity index (χ0) is 13.4. The fraction of sp³-hybridized carbons (Fsp3) is 0.214. The molecule has 19 heavy (non-hydrogen) atoms. The van der Waals surface area contributed by atoms with Gasteiger partial charge in [0.15, 0.2) is 0 Å². The molecule has 2 heterocycles. The van der Waals surface area contributed by atoms with Gasteiger partial charge in [0, 0.05) is 7.05 Å². The quantitative estimate of drug-likeness (QED) is 0.714. The first-order chi connectivity index (χ1) is 9.15. The van der Waals surface area contributed by atoms with E-state index in [0.29, 0.717) is 0 Å². The van der Waals surface area contributed by atoms with E-state index >= 15 is 0 Å². The Bertz CT molecular complexity index is 730. The number of rotatable bonds is 2. The van der Waals surface area contributed by atoms with E-state index in [-0.39, 0.29) is 0 Å². The summed E-state index contributed by atoms with van der Waals surface area (Å²) in [5.74, 6) is 0.754. The molecule has 0 atom stereocenters. The van der Waals surface area contributed by atoms with Gasteiger partial charge in [0.05, 0.1) is 28.6 Å². The zero-order valence-electron chi connectivity index (χ0n) is 11.2. The number of nitrogens with zero attached hydrogens (tertiary/aromatic N) is 4. The van der Waals surface area contributed by atoms with Gasteiger partial charge in [-0.3, -0.25) is 4.68 Å². The van der Waals surface area contributed by atoms with Crippen LogP contribution in [0.25, 0.3) is 11.0 Å². The van der Waals surface area contributed by atoms with Crippen molar-refractivity contribution in [1.29, 1.82) is 0 Å². The molecule has 0 aliphatic rings. The Morgan fingerprint density at radius 2 is 2.05 bits per heavy atom. The van der Waals surface area contributed by atoms with E-state index in [9.17, 15) is 0 Å². The first-order valence-corrected chi connectivity index (χ1v) is 6.14. The van der Waals surface area contributed by atoms with Crippen molar-refractivity contribution in [2.75, 3.05) is 0 Å². The number of H-pyrrole nitrogens is 1. The van der Waals surface area contributed by atoms with Crippen LogP contribution in [-0.2, 0) is 7.05 Å². The lowest BCUT2D eigenvalue weighted by Gasteiger charge is -1.93. The van der Waals surface area contributed by atoms with Gasteiger partial charge in [-0.1, -0.05) is 12.1 Å². The highest BCUT2D eigenvalue weighted by Gasteiger charge is 2.07. The van der Waals surface area contributed by atoms with Gasteiger partial charge in [0.1, 0.15) is 11.5 Å². The van der Waals surface area contributed by atoms with Crippen LogP contribution in [0.15, 0.2) is 29.3 Å². The molecule has 3 aromatic rings. The summed E-state index contributed by atoms with van der Waals surface area (Å²) < 4.78 is 1.83. The van der Waals surface area contributed by atoms with Crippen molar-refractivity contribution < 1.29 is 0 Å². The van der Waals surface area contributed by atoms with E-state index in [1.54, 1.807) is 6.21 Å². The summed E-state index contributed by atoms with van der Waals surface area (Å²) in [5.41, 5.74) is 4.84. The second-order valence-electron chi connectivity index (χ2n) is 4.54. The molecular weight excluding hydrogens is 238 g/mol. The summed E-state index contributed by atoms with van der Waals surface area (Å²) in [6.07, 6.45) is 1.75. The molecule has 0 bridgehead atoms. The topological polar surface area (TPSA) is 58.9 Å². The highest BCUT2D eigenvalue weighted by Crippen LogP contribution is 2.21. The molecule has 0 aliphatic carbocycles. The maximum absolute atomic E-state index is 4.49. The molecule has 5 heteroatoms. The zero-order valence-corrected chi connectivity index (χ0v) is 11.2. The molecule has 0 unspecified atom stereocenters. The molecule has 96 valence electrons. The molecule has 0 aliphatic heterocycles. The Kier molecular flexibility index (Phi) is 2.67. The van der Waals surface area contributed by atoms with Crippen LogP contribution < -0.4 is 0 Å². The first kappa shape index (κ1) is 11.6. The SMILES string of the molecule is Cc1nn(C)c(C)c1/N=C/c1nc2ccccc2[nH]1. The molecule has 0 spiro atoms. The number of para-hydroxylation sites is 2. The minimum Gasteiger partial charge on any atom is -0.337 e. The predicted molar refractivity (Wildman–Crippen MR) is 76.0 cm³/mol. The Morgan fingerprint density at radius 3 is 2.74 bits per heavy atom. The number of aliphatic imine (C=N–C) groups is 1. The maximum Gasteiger partial charge on any atom is 0.149 e. The van der Waals surface area contributed by atoms with E-state index in [0.717, 1.165) is 33.9 Å². The summed E-state index contributed by atoms with van der Waals surface area (Å²) in [5, 5.41) is 4.34. The van der Waals surface area contributed by atoms with Crippen LogP contribution in [0.5, 0.6) is 0 Å². The van der Waals surface area contributed by atoms with Crippen LogP contribution in [0.3, 0.4) is 0 Å². The standard InChI is InChI=1S/C14H15N5/c1-9-14(10(2)19(3)18-9)15-8-13-16-11-6-4-5-7-12(11)17-13/h4-8H,1-3H3,(H,16,17)/b15-8+. The monoisotopic (exact) mass is 253 g/mol. The minimum absolute atomic E-state index is 0.754. The largest absolute Gasteiger partial charge is 0.337 e. The summed E-state index contributed by atoms with van der Waals surface area (Å²) in [6.45, 7) is 3.96. The lowest BCUT2D eigenvalue weighted by atomic mass is 10.3. The summed E-state index contributed by atoms with van der Waals surface area (Å²) in [6, 6.07) is 7.93. The van der Waals surface area contributed by atoms with Gasteiger partial charge < -0.3 is 4.98 Å². The van der Waals surface area contributed by atoms with Crippen molar-refractivity contribution in [3.8, 4) is 0 Å². The highest BCUT2D eigenvalue weighted by molar-refractivity contribution is 5.85. The average Bonchev–Trinajstić information content (AvgIpc) is 2.90. The van der Waals surface area contributed by atoms with E-state index in [1.807, 2.05) is 49.8 Å². The number of fused-ring (bicyclic) bond motifs is 1. The molecule has 1 N–H and O–H groups in total. The van der Waals surface area contributed by atoms with Crippen molar-refractivity contribution in [3.63, 3.8) is 0 Å². The average molecular weight is 253 g/mol. The molecule has 0 radical (unpaired) electrons. The molecule has 5 nitrogen and oxygen atoms in total. The molecule has 0 saturated carbocycles. The van der Waals surface area contributed by atoms with E-state index in [4.69, 9.17) is 0 Å². The minimum atomic E-state index is 0.754. The Labute approximate surface area is 111 Å². The Hall–Kier alpha value is -2.43. The molecule has 0 fully saturated rings. The van der Waals surface area contributed by atoms with Gasteiger partial charge in [0.25, 0.3) is 0 Å².